The van der Waals surface area contributed by atoms with Crippen molar-refractivity contribution in [2.75, 3.05) is 6.54 Å². The molecule has 0 saturated heterocycles. The third kappa shape index (κ3) is 3.56. The van der Waals surface area contributed by atoms with Gasteiger partial charge in [0.2, 0.25) is 5.91 Å². The van der Waals surface area contributed by atoms with E-state index in [1.54, 1.807) is 21.7 Å². The second-order valence-corrected chi connectivity index (χ2v) is 8.05. The Hall–Kier alpha value is -2.51. The molecule has 0 fully saturated rings. The minimum atomic E-state index is -2.85. The van der Waals surface area contributed by atoms with E-state index in [4.69, 9.17) is 11.6 Å². The smallest absolute Gasteiger partial charge is 0.268 e. The van der Waals surface area contributed by atoms with Gasteiger partial charge in [0.05, 0.1) is 18.0 Å². The number of alkyl halides is 2. The van der Waals surface area contributed by atoms with Gasteiger partial charge < -0.3 is 10.0 Å². The summed E-state index contributed by atoms with van der Waals surface area (Å²) in [6.45, 7) is 2.27. The van der Waals surface area contributed by atoms with E-state index in [2.05, 4.69) is 5.10 Å². The Bertz CT molecular complexity index is 1120. The molecule has 158 valence electrons. The largest absolute Gasteiger partial charge is 0.382 e. The minimum absolute atomic E-state index is 0.0915. The first kappa shape index (κ1) is 20.8. The van der Waals surface area contributed by atoms with E-state index in [1.807, 2.05) is 32.3 Å². The summed E-state index contributed by atoms with van der Waals surface area (Å²) in [7, 11) is 1.81. The van der Waals surface area contributed by atoms with E-state index in [-0.39, 0.29) is 23.9 Å². The Morgan fingerprint density at radius 2 is 2.10 bits per heavy atom. The van der Waals surface area contributed by atoms with Crippen LogP contribution >= 0.6 is 11.6 Å². The molecule has 1 aromatic heterocycles. The van der Waals surface area contributed by atoms with Gasteiger partial charge in [-0.25, -0.2) is 8.78 Å². The van der Waals surface area contributed by atoms with Crippen molar-refractivity contribution in [2.24, 2.45) is 7.05 Å². The normalized spacial score (nSPS) is 17.4. The van der Waals surface area contributed by atoms with Crippen molar-refractivity contribution in [3.8, 4) is 0 Å². The highest BCUT2D eigenvalue weighted by Gasteiger charge is 2.32. The number of halogens is 3. The van der Waals surface area contributed by atoms with Crippen LogP contribution in [0.5, 0.6) is 0 Å². The van der Waals surface area contributed by atoms with E-state index in [9.17, 15) is 18.7 Å². The van der Waals surface area contributed by atoms with Crippen LogP contribution in [-0.4, -0.2) is 38.7 Å². The van der Waals surface area contributed by atoms with E-state index in [0.29, 0.717) is 23.6 Å². The maximum absolute atomic E-state index is 13.2. The van der Waals surface area contributed by atoms with E-state index in [0.717, 1.165) is 22.0 Å². The van der Waals surface area contributed by atoms with Crippen LogP contribution in [0.3, 0.4) is 0 Å². The lowest BCUT2D eigenvalue weighted by atomic mass is 9.87. The molecule has 1 aliphatic heterocycles. The van der Waals surface area contributed by atoms with Crippen molar-refractivity contribution >= 4 is 28.4 Å². The number of nitrogens with zero attached hydrogens (tertiary/aromatic N) is 3. The van der Waals surface area contributed by atoms with Gasteiger partial charge in [0.15, 0.2) is 0 Å². The molecule has 1 aliphatic rings. The number of benzene rings is 2. The van der Waals surface area contributed by atoms with Crippen molar-refractivity contribution in [3.63, 3.8) is 0 Å². The summed E-state index contributed by atoms with van der Waals surface area (Å²) >= 11 is 6.39. The number of fused-ring (bicyclic) bond motifs is 2. The number of aliphatic hydroxyl groups excluding tert-OH is 1. The van der Waals surface area contributed by atoms with Crippen molar-refractivity contribution in [3.05, 3.63) is 63.8 Å². The summed E-state index contributed by atoms with van der Waals surface area (Å²) in [5, 5.41) is 15.6. The average molecular weight is 434 g/mol. The first-order valence-electron chi connectivity index (χ1n) is 9.76. The number of aliphatic hydroxyl groups is 1. The molecule has 2 heterocycles. The molecule has 0 unspecified atom stereocenters. The summed E-state index contributed by atoms with van der Waals surface area (Å²) in [5.41, 5.74) is 3.23. The standard InChI is InChI=1S/C22H22ClF2N3O2/c1-12-13-4-3-5-15(21(30)22(24)25)14(13)8-9-28(12)20(29)10-16-17-11-27(2)26-19(17)7-6-18(16)23/h3-7,11-12,21-22,30H,8-10H2,1-2H3/t12-,21+/m0/s1. The second-order valence-electron chi connectivity index (χ2n) is 7.65. The van der Waals surface area contributed by atoms with E-state index >= 15 is 0 Å². The molecule has 1 amide bonds. The molecule has 0 radical (unpaired) electrons. The Morgan fingerprint density at radius 1 is 1.33 bits per heavy atom. The van der Waals surface area contributed by atoms with Gasteiger partial charge in [-0.3, -0.25) is 9.48 Å². The highest BCUT2D eigenvalue weighted by Crippen LogP contribution is 2.36. The predicted octanol–water partition coefficient (Wildman–Crippen LogP) is 4.21. The third-order valence-corrected chi connectivity index (χ3v) is 6.19. The van der Waals surface area contributed by atoms with Gasteiger partial charge in [-0.05, 0) is 47.7 Å². The Balaban J connectivity index is 1.62. The number of carbonyl (C=O) groups is 1. The zero-order valence-electron chi connectivity index (χ0n) is 16.6. The van der Waals surface area contributed by atoms with Gasteiger partial charge in [0.25, 0.3) is 6.43 Å². The zero-order chi connectivity index (χ0) is 21.6. The minimum Gasteiger partial charge on any atom is -0.382 e. The molecule has 2 atom stereocenters. The molecule has 3 aromatic rings. The SMILES string of the molecule is C[C@H]1c2cccc([C@@H](O)C(F)F)c2CCN1C(=O)Cc1c(Cl)ccc2nn(C)cc12. The number of rotatable bonds is 4. The highest BCUT2D eigenvalue weighted by atomic mass is 35.5. The molecule has 8 heteroatoms. The number of amides is 1. The van der Waals surface area contributed by atoms with Crippen LogP contribution in [0, 0.1) is 0 Å². The van der Waals surface area contributed by atoms with E-state index in [1.165, 1.54) is 6.07 Å². The lowest BCUT2D eigenvalue weighted by molar-refractivity contribution is -0.133. The maximum Gasteiger partial charge on any atom is 0.268 e. The summed E-state index contributed by atoms with van der Waals surface area (Å²) in [6, 6.07) is 8.28. The van der Waals surface area contributed by atoms with Crippen LogP contribution < -0.4 is 0 Å². The van der Waals surface area contributed by atoms with Crippen LogP contribution in [-0.2, 0) is 24.7 Å². The quantitative estimate of drug-likeness (QED) is 0.670. The molecular weight excluding hydrogens is 412 g/mol. The second kappa shape index (κ2) is 7.96. The lowest BCUT2D eigenvalue weighted by Gasteiger charge is -2.37. The molecule has 30 heavy (non-hydrogen) atoms. The van der Waals surface area contributed by atoms with Crippen molar-refractivity contribution in [1.82, 2.24) is 14.7 Å². The average Bonchev–Trinajstić information content (AvgIpc) is 3.10. The molecule has 5 nitrogen and oxygen atoms in total. The number of aromatic nitrogens is 2. The summed E-state index contributed by atoms with van der Waals surface area (Å²) in [6.07, 6.45) is -2.29. The Morgan fingerprint density at radius 3 is 2.83 bits per heavy atom. The Labute approximate surface area is 177 Å². The van der Waals surface area contributed by atoms with Crippen LogP contribution in [0.1, 0.15) is 41.3 Å². The van der Waals surface area contributed by atoms with Gasteiger partial charge in [0, 0.05) is 30.2 Å². The predicted molar refractivity (Wildman–Crippen MR) is 111 cm³/mol. The van der Waals surface area contributed by atoms with Gasteiger partial charge >= 0.3 is 0 Å². The summed E-state index contributed by atoms with van der Waals surface area (Å²) < 4.78 is 27.8. The van der Waals surface area contributed by atoms with Crippen LogP contribution in [0.2, 0.25) is 5.02 Å². The maximum atomic E-state index is 13.2. The van der Waals surface area contributed by atoms with Gasteiger partial charge in [-0.2, -0.15) is 5.10 Å². The molecular formula is C22H22ClF2N3O2. The lowest BCUT2D eigenvalue weighted by Crippen LogP contribution is -2.40. The summed E-state index contributed by atoms with van der Waals surface area (Å²) in [5.74, 6) is -0.0915. The number of hydrogen-bond donors (Lipinski definition) is 1. The topological polar surface area (TPSA) is 58.4 Å². The molecule has 0 aliphatic carbocycles. The van der Waals surface area contributed by atoms with Gasteiger partial charge in [-0.15, -0.1) is 0 Å². The Kier molecular flexibility index (Phi) is 5.51. The number of hydrogen-bond acceptors (Lipinski definition) is 3. The zero-order valence-corrected chi connectivity index (χ0v) is 17.4. The highest BCUT2D eigenvalue weighted by molar-refractivity contribution is 6.32. The third-order valence-electron chi connectivity index (χ3n) is 5.83. The molecule has 0 bridgehead atoms. The molecule has 0 saturated carbocycles. The monoisotopic (exact) mass is 433 g/mol. The first-order valence-corrected chi connectivity index (χ1v) is 10.1. The molecule has 2 aromatic carbocycles. The van der Waals surface area contributed by atoms with Gasteiger partial charge in [-0.1, -0.05) is 29.8 Å². The number of carbonyl (C=O) groups excluding carboxylic acids is 1. The molecule has 1 N–H and O–H groups in total. The van der Waals surface area contributed by atoms with Gasteiger partial charge in [0.1, 0.15) is 6.10 Å². The fraction of sp³-hybridized carbons (Fsp3) is 0.364. The number of aryl methyl sites for hydroxylation is 1. The summed E-state index contributed by atoms with van der Waals surface area (Å²) in [4.78, 5) is 14.9. The van der Waals surface area contributed by atoms with E-state index < -0.39 is 12.5 Å². The van der Waals surface area contributed by atoms with Crippen LogP contribution in [0.4, 0.5) is 8.78 Å². The first-order chi connectivity index (χ1) is 14.3. The molecule has 0 spiro atoms. The molecule has 4 rings (SSSR count). The van der Waals surface area contributed by atoms with Crippen molar-refractivity contribution < 1.29 is 18.7 Å². The van der Waals surface area contributed by atoms with Crippen molar-refractivity contribution in [2.45, 2.75) is 38.3 Å². The van der Waals surface area contributed by atoms with Crippen molar-refractivity contribution in [1.29, 1.82) is 0 Å². The van der Waals surface area contributed by atoms with Crippen LogP contribution in [0.15, 0.2) is 36.5 Å². The fourth-order valence-corrected chi connectivity index (χ4v) is 4.56. The van der Waals surface area contributed by atoms with Crippen LogP contribution in [0.25, 0.3) is 10.9 Å². The fourth-order valence-electron chi connectivity index (χ4n) is 4.33.